The van der Waals surface area contributed by atoms with Crippen LogP contribution < -0.4 is 15.4 Å². The molecule has 0 saturated heterocycles. The van der Waals surface area contributed by atoms with Crippen molar-refractivity contribution in [2.45, 2.75) is 19.3 Å². The molecule has 1 saturated carbocycles. The lowest BCUT2D eigenvalue weighted by Gasteiger charge is -2.16. The quantitative estimate of drug-likeness (QED) is 0.562. The molecule has 0 spiro atoms. The number of rotatable bonds is 8. The van der Waals surface area contributed by atoms with Crippen LogP contribution in [-0.4, -0.2) is 39.2 Å². The van der Waals surface area contributed by atoms with Crippen molar-refractivity contribution in [3.63, 3.8) is 0 Å². The molecule has 1 aliphatic rings. The molecule has 6 nitrogen and oxygen atoms in total. The Balaban J connectivity index is 1.94. The minimum atomic E-state index is -0.959. The Kier molecular flexibility index (Phi) is 5.85. The van der Waals surface area contributed by atoms with Crippen molar-refractivity contribution in [1.29, 1.82) is 0 Å². The molecule has 0 unspecified atom stereocenters. The van der Waals surface area contributed by atoms with E-state index in [0.717, 1.165) is 0 Å². The Labute approximate surface area is 140 Å². The SMILES string of the molecule is COCCCNC(=O)C1(C(=O)Nc2ccc(OC)c(Cl)c2)CC1. The third-order valence-corrected chi connectivity index (χ3v) is 4.14. The molecular formula is C16H21ClN2O4. The van der Waals surface area contributed by atoms with E-state index in [2.05, 4.69) is 10.6 Å². The van der Waals surface area contributed by atoms with Crippen LogP contribution in [0.5, 0.6) is 5.75 Å². The second-order valence-corrected chi connectivity index (χ2v) is 5.90. The second-order valence-electron chi connectivity index (χ2n) is 5.49. The Hall–Kier alpha value is -1.79. The van der Waals surface area contributed by atoms with E-state index in [4.69, 9.17) is 21.1 Å². The topological polar surface area (TPSA) is 76.7 Å². The van der Waals surface area contributed by atoms with Gasteiger partial charge in [0.05, 0.1) is 12.1 Å². The van der Waals surface area contributed by atoms with Crippen molar-refractivity contribution in [2.75, 3.05) is 32.7 Å². The molecule has 0 aromatic heterocycles. The molecule has 0 aliphatic heterocycles. The van der Waals surface area contributed by atoms with Gasteiger partial charge in [0.2, 0.25) is 11.8 Å². The van der Waals surface area contributed by atoms with Gasteiger partial charge in [-0.25, -0.2) is 0 Å². The standard InChI is InChI=1S/C16H21ClN2O4/c1-22-9-3-8-18-14(20)16(6-7-16)15(21)19-11-4-5-13(23-2)12(17)10-11/h4-5,10H,3,6-9H2,1-2H3,(H,18,20)(H,19,21). The summed E-state index contributed by atoms with van der Waals surface area (Å²) in [4.78, 5) is 24.7. The van der Waals surface area contributed by atoms with E-state index in [1.54, 1.807) is 25.3 Å². The number of methoxy groups -OCH3 is 2. The van der Waals surface area contributed by atoms with Crippen LogP contribution >= 0.6 is 11.6 Å². The molecule has 2 amide bonds. The molecular weight excluding hydrogens is 320 g/mol. The Morgan fingerprint density at radius 3 is 2.57 bits per heavy atom. The fourth-order valence-electron chi connectivity index (χ4n) is 2.26. The average molecular weight is 341 g/mol. The Morgan fingerprint density at radius 1 is 1.26 bits per heavy atom. The molecule has 1 fully saturated rings. The summed E-state index contributed by atoms with van der Waals surface area (Å²) < 4.78 is 10.00. The van der Waals surface area contributed by atoms with Crippen LogP contribution in [0.25, 0.3) is 0 Å². The largest absolute Gasteiger partial charge is 0.495 e. The van der Waals surface area contributed by atoms with Gasteiger partial charge in [-0.15, -0.1) is 0 Å². The molecule has 126 valence electrons. The van der Waals surface area contributed by atoms with E-state index >= 15 is 0 Å². The van der Waals surface area contributed by atoms with Gasteiger partial charge in [0.25, 0.3) is 0 Å². The lowest BCUT2D eigenvalue weighted by atomic mass is 10.0. The van der Waals surface area contributed by atoms with Crippen LogP contribution in [0.1, 0.15) is 19.3 Å². The Morgan fingerprint density at radius 2 is 2.00 bits per heavy atom. The highest BCUT2D eigenvalue weighted by molar-refractivity contribution is 6.32. The van der Waals surface area contributed by atoms with Crippen LogP contribution in [0.15, 0.2) is 18.2 Å². The van der Waals surface area contributed by atoms with Gasteiger partial charge in [0, 0.05) is 25.9 Å². The summed E-state index contributed by atoms with van der Waals surface area (Å²) in [5, 5.41) is 5.95. The van der Waals surface area contributed by atoms with Gasteiger partial charge >= 0.3 is 0 Å². The summed E-state index contributed by atoms with van der Waals surface area (Å²) >= 11 is 6.04. The van der Waals surface area contributed by atoms with Crippen LogP contribution in [0.2, 0.25) is 5.02 Å². The van der Waals surface area contributed by atoms with Crippen LogP contribution in [0.3, 0.4) is 0 Å². The predicted molar refractivity (Wildman–Crippen MR) is 87.8 cm³/mol. The molecule has 0 radical (unpaired) electrons. The number of hydrogen-bond acceptors (Lipinski definition) is 4. The molecule has 23 heavy (non-hydrogen) atoms. The highest BCUT2D eigenvalue weighted by Crippen LogP contribution is 2.47. The fourth-order valence-corrected chi connectivity index (χ4v) is 2.52. The number of anilines is 1. The molecule has 1 aromatic carbocycles. The molecule has 1 aromatic rings. The molecule has 0 bridgehead atoms. The smallest absolute Gasteiger partial charge is 0.240 e. The van der Waals surface area contributed by atoms with Crippen molar-refractivity contribution in [3.05, 3.63) is 23.2 Å². The van der Waals surface area contributed by atoms with Crippen molar-refractivity contribution in [3.8, 4) is 5.75 Å². The summed E-state index contributed by atoms with van der Waals surface area (Å²) in [5.41, 5.74) is -0.418. The minimum Gasteiger partial charge on any atom is -0.495 e. The first kappa shape index (κ1) is 17.6. The summed E-state index contributed by atoms with van der Waals surface area (Å²) in [6.07, 6.45) is 1.83. The van der Waals surface area contributed by atoms with E-state index < -0.39 is 5.41 Å². The summed E-state index contributed by atoms with van der Waals surface area (Å²) in [6, 6.07) is 4.96. The van der Waals surface area contributed by atoms with Gasteiger partial charge < -0.3 is 20.1 Å². The van der Waals surface area contributed by atoms with Crippen molar-refractivity contribution in [1.82, 2.24) is 5.32 Å². The average Bonchev–Trinajstić information content (AvgIpc) is 3.33. The van der Waals surface area contributed by atoms with E-state index in [0.29, 0.717) is 48.9 Å². The molecule has 7 heteroatoms. The molecule has 1 aliphatic carbocycles. The van der Waals surface area contributed by atoms with E-state index in [-0.39, 0.29) is 11.8 Å². The number of hydrogen-bond donors (Lipinski definition) is 2. The van der Waals surface area contributed by atoms with E-state index in [1.165, 1.54) is 7.11 Å². The van der Waals surface area contributed by atoms with Gasteiger partial charge in [-0.05, 0) is 37.5 Å². The maximum Gasteiger partial charge on any atom is 0.240 e. The minimum absolute atomic E-state index is 0.231. The molecule has 0 heterocycles. The number of carbonyl (C=O) groups excluding carboxylic acids is 2. The zero-order valence-electron chi connectivity index (χ0n) is 13.3. The zero-order chi connectivity index (χ0) is 16.9. The third-order valence-electron chi connectivity index (χ3n) is 3.84. The Bertz CT molecular complexity index is 587. The number of ether oxygens (including phenoxy) is 2. The number of halogens is 1. The zero-order valence-corrected chi connectivity index (χ0v) is 14.0. The maximum absolute atomic E-state index is 12.4. The first-order chi connectivity index (χ1) is 11.0. The monoisotopic (exact) mass is 340 g/mol. The van der Waals surface area contributed by atoms with Crippen molar-refractivity contribution in [2.24, 2.45) is 5.41 Å². The first-order valence-corrected chi connectivity index (χ1v) is 7.83. The van der Waals surface area contributed by atoms with Gasteiger partial charge in [-0.2, -0.15) is 0 Å². The van der Waals surface area contributed by atoms with Crippen LogP contribution in [-0.2, 0) is 14.3 Å². The number of benzene rings is 1. The molecule has 0 atom stereocenters. The normalized spacial score (nSPS) is 14.9. The third kappa shape index (κ3) is 4.14. The lowest BCUT2D eigenvalue weighted by Crippen LogP contribution is -2.40. The van der Waals surface area contributed by atoms with Gasteiger partial charge in [0.1, 0.15) is 11.2 Å². The van der Waals surface area contributed by atoms with Crippen LogP contribution in [0.4, 0.5) is 5.69 Å². The number of nitrogens with one attached hydrogen (secondary N) is 2. The summed E-state index contributed by atoms with van der Waals surface area (Å²) in [6.45, 7) is 1.07. The summed E-state index contributed by atoms with van der Waals surface area (Å²) in [7, 11) is 3.13. The second kappa shape index (κ2) is 7.66. The summed E-state index contributed by atoms with van der Waals surface area (Å²) in [5.74, 6) is -0.00428. The first-order valence-electron chi connectivity index (χ1n) is 7.46. The number of carbonyl (C=O) groups is 2. The fraction of sp³-hybridized carbons (Fsp3) is 0.500. The lowest BCUT2D eigenvalue weighted by molar-refractivity contribution is -0.134. The van der Waals surface area contributed by atoms with Gasteiger partial charge in [-0.3, -0.25) is 9.59 Å². The van der Waals surface area contributed by atoms with Crippen molar-refractivity contribution < 1.29 is 19.1 Å². The van der Waals surface area contributed by atoms with Gasteiger partial charge in [-0.1, -0.05) is 11.6 Å². The molecule has 2 N–H and O–H groups in total. The molecule has 2 rings (SSSR count). The number of amides is 2. The highest BCUT2D eigenvalue weighted by atomic mass is 35.5. The van der Waals surface area contributed by atoms with E-state index in [9.17, 15) is 9.59 Å². The van der Waals surface area contributed by atoms with Crippen molar-refractivity contribution >= 4 is 29.1 Å². The van der Waals surface area contributed by atoms with Gasteiger partial charge in [0.15, 0.2) is 0 Å². The maximum atomic E-state index is 12.4. The highest BCUT2D eigenvalue weighted by Gasteiger charge is 2.56. The predicted octanol–water partition coefficient (Wildman–Crippen LogP) is 2.22. The van der Waals surface area contributed by atoms with E-state index in [1.807, 2.05) is 0 Å². The van der Waals surface area contributed by atoms with Crippen LogP contribution in [0, 0.1) is 5.41 Å².